The van der Waals surface area contributed by atoms with Gasteiger partial charge in [-0.3, -0.25) is 0 Å². The first-order valence-corrected chi connectivity index (χ1v) is 16.8. The van der Waals surface area contributed by atoms with E-state index in [4.69, 9.17) is 31.4 Å². The lowest BCUT2D eigenvalue weighted by Crippen LogP contribution is -2.02. The highest BCUT2D eigenvalue weighted by Gasteiger charge is 2.19. The Hall–Kier alpha value is -7.43. The van der Waals surface area contributed by atoms with Crippen LogP contribution in [0.4, 0.5) is 0 Å². The first-order chi connectivity index (χ1) is 36.0. The summed E-state index contributed by atoms with van der Waals surface area (Å²) in [7, 11) is 0. The van der Waals surface area contributed by atoms with Gasteiger partial charge < -0.3 is 4.57 Å². The summed E-state index contributed by atoms with van der Waals surface area (Å²) in [6.45, 7) is 0. The molecule has 0 unspecified atom stereocenters. The summed E-state index contributed by atoms with van der Waals surface area (Å²) >= 11 is 0. The molecule has 0 saturated heterocycles. The lowest BCUT2D eigenvalue weighted by molar-refractivity contribution is 1.07. The van der Waals surface area contributed by atoms with Gasteiger partial charge in [0.2, 0.25) is 0 Å². The number of hydrogen-bond donors (Lipinski definition) is 0. The van der Waals surface area contributed by atoms with Gasteiger partial charge in [-0.05, 0) is 64.1 Å². The molecule has 2 heterocycles. The van der Waals surface area contributed by atoms with Crippen LogP contribution in [0.15, 0.2) is 206 Å². The van der Waals surface area contributed by atoms with Gasteiger partial charge in [-0.2, -0.15) is 0 Å². The molecule has 0 bridgehead atoms. The van der Waals surface area contributed by atoms with Crippen LogP contribution in [0, 0.1) is 0 Å². The minimum Gasteiger partial charge on any atom is -0.309 e. The van der Waals surface area contributed by atoms with Gasteiger partial charge >= 0.3 is 0 Å². The lowest BCUT2D eigenvalue weighted by atomic mass is 9.97. The van der Waals surface area contributed by atoms with E-state index in [0.29, 0.717) is 11.1 Å². The second-order valence-corrected chi connectivity index (χ2v) is 12.1. The molecule has 0 atom stereocenters. The van der Waals surface area contributed by atoms with E-state index in [2.05, 4.69) is 0 Å². The van der Waals surface area contributed by atoms with Gasteiger partial charge in [0.25, 0.3) is 0 Å². The molecule has 4 heteroatoms. The molecule has 0 spiro atoms. The number of nitrogens with zero attached hydrogens (tertiary/aromatic N) is 4. The lowest BCUT2D eigenvalue weighted by Gasteiger charge is -2.17. The highest BCUT2D eigenvalue weighted by atomic mass is 15.0. The van der Waals surface area contributed by atoms with Crippen molar-refractivity contribution < 1.29 is 28.8 Å². The highest BCUT2D eigenvalue weighted by Crippen LogP contribution is 2.40. The third-order valence-electron chi connectivity index (χ3n) is 8.75. The summed E-state index contributed by atoms with van der Waals surface area (Å²) in [6.07, 6.45) is 0. The average molecular weight is 724 g/mol. The Morgan fingerprint density at radius 2 is 0.855 bits per heavy atom. The number of fused-ring (bicyclic) bond motifs is 3. The summed E-state index contributed by atoms with van der Waals surface area (Å²) in [6, 6.07) is 5.35. The molecule has 0 aliphatic rings. The van der Waals surface area contributed by atoms with Crippen LogP contribution in [0.5, 0.6) is 0 Å². The average Bonchev–Trinajstić information content (AvgIpc) is 4.05. The largest absolute Gasteiger partial charge is 0.309 e. The first kappa shape index (κ1) is 17.1. The minimum atomic E-state index is -0.848. The van der Waals surface area contributed by atoms with Crippen molar-refractivity contribution in [3.05, 3.63) is 206 Å². The molecule has 0 N–H and O–H groups in total. The maximum atomic E-state index is 9.70. The summed E-state index contributed by atoms with van der Waals surface area (Å²) in [5.74, 6) is 0.461. The van der Waals surface area contributed by atoms with Crippen LogP contribution in [0.1, 0.15) is 28.8 Å². The van der Waals surface area contributed by atoms with Gasteiger partial charge in [0, 0.05) is 33.0 Å². The maximum absolute atomic E-state index is 9.70. The Labute approximate surface area is 349 Å². The number of para-hydroxylation sites is 1. The first-order valence-electron chi connectivity index (χ1n) is 27.3. The van der Waals surface area contributed by atoms with Crippen molar-refractivity contribution in [1.29, 1.82) is 0 Å². The third kappa shape index (κ3) is 6.06. The molecular formula is C51H34N4. The van der Waals surface area contributed by atoms with Crippen LogP contribution >= 0.6 is 0 Å². The van der Waals surface area contributed by atoms with Crippen LogP contribution in [0.25, 0.3) is 95.0 Å². The standard InChI is InChI=1S/C51H34N4/c1-5-15-35(16-6-1)37-25-27-38(28-26-37)44-34-42(51-53-49(39-19-9-3-10-20-39)52-50(54-51)40-21-11-4-12-22-40)30-32-47(44)55-46-24-14-13-23-43(46)45-33-41(29-31-48(45)55)36-17-7-2-8-18-36/h1-34H/i1D,2D,5D,6D,7D,8D,13D,14D,15D,16D,17D,18D,23D,24D,25D,26D,27D,28D,29D,31D,33D. The molecule has 0 amide bonds. The molecule has 10 rings (SSSR count). The second-order valence-electron chi connectivity index (χ2n) is 12.1. The Bertz CT molecular complexity index is 4040. The Kier molecular flexibility index (Phi) is 4.32. The number of benzene rings is 8. The van der Waals surface area contributed by atoms with E-state index in [1.54, 1.807) is 60.7 Å². The SMILES string of the molecule is [2H]c1c([2H])c([2H])c(-c2c([2H])c([2H])c(-c3cc(-c4nc(-c5ccccc5)nc(-c5ccccc5)n4)ccc3-n3c4c([2H])c([2H])c([2H])c([2H])c4c4c([2H])c(-c5c([2H])c([2H])c([2H])c([2H])c5[2H])c([2H])c([2H])c43)c([2H])c2[2H])c([2H])c1[2H]. The summed E-state index contributed by atoms with van der Waals surface area (Å²) in [4.78, 5) is 14.4. The van der Waals surface area contributed by atoms with Gasteiger partial charge in [0.15, 0.2) is 17.5 Å². The van der Waals surface area contributed by atoms with Crippen LogP contribution in [0.2, 0.25) is 0 Å². The quantitative estimate of drug-likeness (QED) is 0.164. The Morgan fingerprint density at radius 3 is 1.49 bits per heavy atom. The fourth-order valence-electron chi connectivity index (χ4n) is 6.21. The van der Waals surface area contributed by atoms with E-state index in [9.17, 15) is 12.3 Å². The molecule has 0 radical (unpaired) electrons. The van der Waals surface area contributed by atoms with Crippen molar-refractivity contribution in [2.75, 3.05) is 0 Å². The summed E-state index contributed by atoms with van der Waals surface area (Å²) in [5, 5.41) is -0.801. The van der Waals surface area contributed by atoms with Gasteiger partial charge in [0.1, 0.15) is 0 Å². The Balaban J connectivity index is 1.39. The fraction of sp³-hybridized carbons (Fsp3) is 0. The molecule has 8 aromatic carbocycles. The zero-order chi connectivity index (χ0) is 54.8. The van der Waals surface area contributed by atoms with E-state index in [0.717, 1.165) is 4.57 Å². The van der Waals surface area contributed by atoms with Crippen molar-refractivity contribution in [3.63, 3.8) is 0 Å². The van der Waals surface area contributed by atoms with E-state index < -0.39 is 177 Å². The highest BCUT2D eigenvalue weighted by molar-refractivity contribution is 6.11. The summed E-state index contributed by atoms with van der Waals surface area (Å²) < 4.78 is 189. The Morgan fingerprint density at radius 1 is 0.364 bits per heavy atom. The number of aromatic nitrogens is 4. The molecule has 0 fully saturated rings. The fourth-order valence-corrected chi connectivity index (χ4v) is 6.21. The molecule has 2 aromatic heterocycles. The van der Waals surface area contributed by atoms with Crippen molar-refractivity contribution in [3.8, 4) is 73.2 Å². The molecule has 0 aliphatic heterocycles. The normalized spacial score (nSPS) is 16.6. The molecule has 4 nitrogen and oxygen atoms in total. The van der Waals surface area contributed by atoms with Gasteiger partial charge in [-0.1, -0.05) is 169 Å². The van der Waals surface area contributed by atoms with Crippen molar-refractivity contribution >= 4 is 21.8 Å². The van der Waals surface area contributed by atoms with E-state index in [1.807, 2.05) is 0 Å². The van der Waals surface area contributed by atoms with Crippen molar-refractivity contribution in [2.24, 2.45) is 0 Å². The van der Waals surface area contributed by atoms with Gasteiger partial charge in [-0.15, -0.1) is 0 Å². The molecule has 0 saturated carbocycles. The zero-order valence-electron chi connectivity index (χ0n) is 49.3. The molecule has 0 aliphatic carbocycles. The molecular weight excluding hydrogens is 669 g/mol. The van der Waals surface area contributed by atoms with Crippen molar-refractivity contribution in [2.45, 2.75) is 0 Å². The predicted octanol–water partition coefficient (Wildman–Crippen LogP) is 13.0. The second kappa shape index (κ2) is 13.8. The monoisotopic (exact) mass is 723 g/mol. The van der Waals surface area contributed by atoms with Crippen LogP contribution < -0.4 is 0 Å². The van der Waals surface area contributed by atoms with Crippen LogP contribution in [-0.4, -0.2) is 19.5 Å². The third-order valence-corrected chi connectivity index (χ3v) is 8.75. The van der Waals surface area contributed by atoms with Crippen LogP contribution in [-0.2, 0) is 0 Å². The number of rotatable bonds is 7. The van der Waals surface area contributed by atoms with Crippen molar-refractivity contribution in [1.82, 2.24) is 19.5 Å². The number of hydrogen-bond acceptors (Lipinski definition) is 3. The smallest absolute Gasteiger partial charge is 0.164 e. The molecule has 258 valence electrons. The van der Waals surface area contributed by atoms with Gasteiger partial charge in [0.05, 0.1) is 45.5 Å². The molecule has 10 aromatic rings. The van der Waals surface area contributed by atoms with Crippen LogP contribution in [0.3, 0.4) is 0 Å². The predicted molar refractivity (Wildman–Crippen MR) is 227 cm³/mol. The van der Waals surface area contributed by atoms with E-state index in [-0.39, 0.29) is 34.3 Å². The van der Waals surface area contributed by atoms with E-state index in [1.165, 1.54) is 18.2 Å². The summed E-state index contributed by atoms with van der Waals surface area (Å²) in [5.41, 5.74) is -2.94. The van der Waals surface area contributed by atoms with Gasteiger partial charge in [-0.25, -0.2) is 15.0 Å². The zero-order valence-corrected chi connectivity index (χ0v) is 28.3. The van der Waals surface area contributed by atoms with E-state index >= 15 is 0 Å². The maximum Gasteiger partial charge on any atom is 0.164 e. The topological polar surface area (TPSA) is 43.6 Å². The minimum absolute atomic E-state index is 0.0157. The molecule has 55 heavy (non-hydrogen) atoms.